The number of carbonyl (C=O) groups is 1. The summed E-state index contributed by atoms with van der Waals surface area (Å²) in [6, 6.07) is 9.39. The third-order valence-electron chi connectivity index (χ3n) is 4.09. The Morgan fingerprint density at radius 1 is 1.22 bits per heavy atom. The molecule has 0 saturated carbocycles. The normalized spacial score (nSPS) is 12.1. The van der Waals surface area contributed by atoms with Crippen LogP contribution < -0.4 is 4.74 Å². The first-order chi connectivity index (χ1) is 12.9. The molecule has 3 rings (SSSR count). The molecule has 0 fully saturated rings. The molecule has 0 aliphatic carbocycles. The zero-order chi connectivity index (χ0) is 19.4. The van der Waals surface area contributed by atoms with Gasteiger partial charge in [0.15, 0.2) is 6.10 Å². The van der Waals surface area contributed by atoms with E-state index in [0.717, 1.165) is 16.5 Å². The van der Waals surface area contributed by atoms with Crippen molar-refractivity contribution in [1.29, 1.82) is 0 Å². The number of aromatic nitrogens is 1. The van der Waals surface area contributed by atoms with E-state index in [1.807, 2.05) is 6.20 Å². The molecule has 0 spiro atoms. The number of esters is 1. The van der Waals surface area contributed by atoms with Crippen LogP contribution in [0.4, 0.5) is 4.39 Å². The van der Waals surface area contributed by atoms with Gasteiger partial charge in [0.2, 0.25) is 0 Å². The van der Waals surface area contributed by atoms with Gasteiger partial charge in [-0.05, 0) is 61.7 Å². The molecule has 0 saturated heterocycles. The fourth-order valence-electron chi connectivity index (χ4n) is 2.72. The molecule has 0 aliphatic rings. The second kappa shape index (κ2) is 8.63. The molecule has 1 N–H and O–H groups in total. The lowest BCUT2D eigenvalue weighted by Crippen LogP contribution is -2.26. The van der Waals surface area contributed by atoms with Crippen molar-refractivity contribution in [3.63, 3.8) is 0 Å². The van der Waals surface area contributed by atoms with Crippen LogP contribution in [0.5, 0.6) is 5.75 Å². The molecule has 4 nitrogen and oxygen atoms in total. The second-order valence-electron chi connectivity index (χ2n) is 6.11. The van der Waals surface area contributed by atoms with Gasteiger partial charge in [0.1, 0.15) is 11.6 Å². The van der Waals surface area contributed by atoms with Crippen molar-refractivity contribution >= 4 is 40.1 Å². The summed E-state index contributed by atoms with van der Waals surface area (Å²) in [7, 11) is 0. The minimum Gasteiger partial charge on any atom is -0.477 e. The van der Waals surface area contributed by atoms with E-state index in [9.17, 15) is 9.18 Å². The molecule has 1 atom stereocenters. The van der Waals surface area contributed by atoms with Crippen LogP contribution in [0, 0.1) is 5.82 Å². The van der Waals surface area contributed by atoms with E-state index >= 15 is 0 Å². The van der Waals surface area contributed by atoms with E-state index in [0.29, 0.717) is 28.6 Å². The van der Waals surface area contributed by atoms with Gasteiger partial charge in [0, 0.05) is 22.1 Å². The van der Waals surface area contributed by atoms with Crippen LogP contribution in [-0.2, 0) is 16.0 Å². The predicted molar refractivity (Wildman–Crippen MR) is 104 cm³/mol. The van der Waals surface area contributed by atoms with Gasteiger partial charge in [-0.2, -0.15) is 0 Å². The lowest BCUT2D eigenvalue weighted by Gasteiger charge is -2.15. The van der Waals surface area contributed by atoms with Crippen molar-refractivity contribution in [2.75, 3.05) is 6.61 Å². The number of aromatic amines is 1. The molecule has 27 heavy (non-hydrogen) atoms. The van der Waals surface area contributed by atoms with Crippen LogP contribution in [0.25, 0.3) is 10.9 Å². The number of hydrogen-bond acceptors (Lipinski definition) is 3. The average Bonchev–Trinajstić information content (AvgIpc) is 3.03. The summed E-state index contributed by atoms with van der Waals surface area (Å²) in [5.74, 6) is -0.390. The third kappa shape index (κ3) is 4.93. The smallest absolute Gasteiger partial charge is 0.347 e. The molecule has 1 heterocycles. The van der Waals surface area contributed by atoms with Gasteiger partial charge < -0.3 is 14.5 Å². The highest BCUT2D eigenvalue weighted by molar-refractivity contribution is 6.35. The van der Waals surface area contributed by atoms with Crippen molar-refractivity contribution in [2.45, 2.75) is 25.9 Å². The largest absolute Gasteiger partial charge is 0.477 e. The summed E-state index contributed by atoms with van der Waals surface area (Å²) >= 11 is 11.9. The van der Waals surface area contributed by atoms with Crippen molar-refractivity contribution in [2.24, 2.45) is 0 Å². The third-order valence-corrected chi connectivity index (χ3v) is 4.62. The van der Waals surface area contributed by atoms with E-state index in [-0.39, 0.29) is 12.4 Å². The van der Waals surface area contributed by atoms with Crippen molar-refractivity contribution in [1.82, 2.24) is 4.98 Å². The van der Waals surface area contributed by atoms with E-state index in [1.165, 1.54) is 12.1 Å². The first kappa shape index (κ1) is 19.5. The monoisotopic (exact) mass is 409 g/mol. The molecule has 2 aromatic carbocycles. The maximum atomic E-state index is 13.4. The Kier molecular flexibility index (Phi) is 6.24. The number of benzene rings is 2. The van der Waals surface area contributed by atoms with Crippen LogP contribution in [0.2, 0.25) is 10.0 Å². The lowest BCUT2D eigenvalue weighted by atomic mass is 10.1. The van der Waals surface area contributed by atoms with Gasteiger partial charge in [0.05, 0.1) is 11.6 Å². The van der Waals surface area contributed by atoms with Crippen molar-refractivity contribution in [3.05, 3.63) is 64.0 Å². The molecule has 0 amide bonds. The topological polar surface area (TPSA) is 51.3 Å². The minimum atomic E-state index is -0.800. The summed E-state index contributed by atoms with van der Waals surface area (Å²) in [5, 5.41) is 1.66. The van der Waals surface area contributed by atoms with Crippen LogP contribution in [0.3, 0.4) is 0 Å². The van der Waals surface area contributed by atoms with Gasteiger partial charge >= 0.3 is 5.97 Å². The average molecular weight is 410 g/mol. The lowest BCUT2D eigenvalue weighted by molar-refractivity contribution is -0.151. The number of H-pyrrole nitrogens is 1. The summed E-state index contributed by atoms with van der Waals surface area (Å²) in [5.41, 5.74) is 1.86. The number of nitrogens with one attached hydrogen (secondary N) is 1. The Morgan fingerprint density at radius 3 is 2.81 bits per heavy atom. The van der Waals surface area contributed by atoms with Gasteiger partial charge in [-0.3, -0.25) is 0 Å². The summed E-state index contributed by atoms with van der Waals surface area (Å²) in [4.78, 5) is 15.2. The number of hydrogen-bond donors (Lipinski definition) is 1. The number of ether oxygens (including phenoxy) is 2. The Morgan fingerprint density at radius 2 is 2.04 bits per heavy atom. The Balaban J connectivity index is 1.48. The summed E-state index contributed by atoms with van der Waals surface area (Å²) in [6.45, 7) is 1.83. The molecule has 0 radical (unpaired) electrons. The molecule has 0 aliphatic heterocycles. The van der Waals surface area contributed by atoms with Crippen LogP contribution in [-0.4, -0.2) is 23.7 Å². The number of fused-ring (bicyclic) bond motifs is 1. The molecule has 0 bridgehead atoms. The number of carbonyl (C=O) groups excluding carboxylic acids is 1. The molecular weight excluding hydrogens is 392 g/mol. The Bertz CT molecular complexity index is 958. The fraction of sp³-hybridized carbons (Fsp3) is 0.250. The van der Waals surface area contributed by atoms with Gasteiger partial charge in [-0.15, -0.1) is 0 Å². The number of rotatable bonds is 7. The van der Waals surface area contributed by atoms with Crippen LogP contribution >= 0.6 is 23.2 Å². The minimum absolute atomic E-state index is 0.239. The van der Waals surface area contributed by atoms with Gasteiger partial charge in [-0.25, -0.2) is 9.18 Å². The molecule has 7 heteroatoms. The first-order valence-electron chi connectivity index (χ1n) is 8.48. The van der Waals surface area contributed by atoms with Gasteiger partial charge in [0.25, 0.3) is 0 Å². The zero-order valence-corrected chi connectivity index (χ0v) is 16.1. The zero-order valence-electron chi connectivity index (χ0n) is 14.6. The molecule has 3 aromatic rings. The molecule has 1 aromatic heterocycles. The molecule has 142 valence electrons. The van der Waals surface area contributed by atoms with Crippen LogP contribution in [0.15, 0.2) is 42.6 Å². The standard InChI is InChI=1S/C20H18Cl2FNO3/c1-12(27-19-7-4-14(21)9-17(19)22)20(25)26-8-2-3-13-11-24-18-6-5-15(23)10-16(13)18/h4-7,9-12,24H,2-3,8H2,1H3. The van der Waals surface area contributed by atoms with E-state index in [1.54, 1.807) is 31.2 Å². The highest BCUT2D eigenvalue weighted by atomic mass is 35.5. The number of aryl methyl sites for hydroxylation is 1. The fourth-order valence-corrected chi connectivity index (χ4v) is 3.17. The molecular formula is C20H18Cl2FNO3. The Hall–Kier alpha value is -2.24. The predicted octanol–water partition coefficient (Wildman–Crippen LogP) is 5.56. The van der Waals surface area contributed by atoms with E-state index < -0.39 is 12.1 Å². The molecule has 1 unspecified atom stereocenters. The quantitative estimate of drug-likeness (QED) is 0.410. The highest BCUT2D eigenvalue weighted by Gasteiger charge is 2.18. The van der Waals surface area contributed by atoms with Crippen LogP contribution in [0.1, 0.15) is 18.9 Å². The van der Waals surface area contributed by atoms with Crippen molar-refractivity contribution < 1.29 is 18.7 Å². The summed E-state index contributed by atoms with van der Waals surface area (Å²) < 4.78 is 24.2. The van der Waals surface area contributed by atoms with E-state index in [2.05, 4.69) is 4.98 Å². The number of halogens is 3. The maximum absolute atomic E-state index is 13.4. The SMILES string of the molecule is CC(Oc1ccc(Cl)cc1Cl)C(=O)OCCCc1c[nH]c2ccc(F)cc12. The van der Waals surface area contributed by atoms with E-state index in [4.69, 9.17) is 32.7 Å². The van der Waals surface area contributed by atoms with Gasteiger partial charge in [-0.1, -0.05) is 23.2 Å². The second-order valence-corrected chi connectivity index (χ2v) is 6.95. The summed E-state index contributed by atoms with van der Waals surface area (Å²) in [6.07, 6.45) is 2.32. The maximum Gasteiger partial charge on any atom is 0.347 e. The first-order valence-corrected chi connectivity index (χ1v) is 9.23. The Labute approximate surface area is 166 Å². The van der Waals surface area contributed by atoms with Crippen molar-refractivity contribution in [3.8, 4) is 5.75 Å². The highest BCUT2D eigenvalue weighted by Crippen LogP contribution is 2.28.